The Morgan fingerprint density at radius 3 is 1.76 bits per heavy atom. The molecule has 2 aromatic rings. The summed E-state index contributed by atoms with van der Waals surface area (Å²) in [6, 6.07) is 6.40. The predicted molar refractivity (Wildman–Crippen MR) is 104 cm³/mol. The van der Waals surface area contributed by atoms with Crippen molar-refractivity contribution in [1.82, 2.24) is 0 Å². The molecule has 3 rings (SSSR count). The molecule has 29 heavy (non-hydrogen) atoms. The SMILES string of the molecule is COc1cc(/C=C2\C[C@@H](c3cc(OC)c(O)c(OC)c3)OC2=O)cc(OC)c1O. The van der Waals surface area contributed by atoms with E-state index in [0.29, 0.717) is 23.1 Å². The van der Waals surface area contributed by atoms with Gasteiger partial charge in [0.1, 0.15) is 6.10 Å². The van der Waals surface area contributed by atoms with Crippen LogP contribution in [0.4, 0.5) is 0 Å². The first-order chi connectivity index (χ1) is 13.9. The summed E-state index contributed by atoms with van der Waals surface area (Å²) in [7, 11) is 5.71. The van der Waals surface area contributed by atoms with E-state index >= 15 is 0 Å². The predicted octanol–water partition coefficient (Wildman–Crippen LogP) is 3.20. The average Bonchev–Trinajstić information content (AvgIpc) is 3.09. The number of esters is 1. The minimum absolute atomic E-state index is 0.118. The molecule has 1 atom stereocenters. The van der Waals surface area contributed by atoms with Gasteiger partial charge in [-0.2, -0.15) is 0 Å². The molecule has 0 saturated carbocycles. The van der Waals surface area contributed by atoms with E-state index < -0.39 is 12.1 Å². The quantitative estimate of drug-likeness (QED) is 0.561. The lowest BCUT2D eigenvalue weighted by Crippen LogP contribution is -2.00. The van der Waals surface area contributed by atoms with E-state index in [1.54, 1.807) is 30.3 Å². The number of benzene rings is 2. The van der Waals surface area contributed by atoms with E-state index in [0.717, 1.165) is 0 Å². The highest BCUT2D eigenvalue weighted by atomic mass is 16.6. The minimum Gasteiger partial charge on any atom is -0.502 e. The molecule has 0 bridgehead atoms. The molecule has 0 spiro atoms. The lowest BCUT2D eigenvalue weighted by atomic mass is 10.0. The second kappa shape index (κ2) is 8.22. The zero-order chi connectivity index (χ0) is 21.1. The molecular formula is C21H22O8. The molecule has 2 aromatic carbocycles. The zero-order valence-electron chi connectivity index (χ0n) is 16.5. The van der Waals surface area contributed by atoms with Gasteiger partial charge < -0.3 is 33.9 Å². The molecular weight excluding hydrogens is 380 g/mol. The molecule has 1 saturated heterocycles. The molecule has 1 aliphatic rings. The van der Waals surface area contributed by atoms with Gasteiger partial charge in [0.25, 0.3) is 0 Å². The fraction of sp³-hybridized carbons (Fsp3) is 0.286. The maximum absolute atomic E-state index is 12.4. The van der Waals surface area contributed by atoms with E-state index in [1.807, 2.05) is 0 Å². The molecule has 8 heteroatoms. The van der Waals surface area contributed by atoms with Crippen molar-refractivity contribution in [3.63, 3.8) is 0 Å². The lowest BCUT2D eigenvalue weighted by Gasteiger charge is -2.14. The molecule has 0 radical (unpaired) electrons. The van der Waals surface area contributed by atoms with Crippen LogP contribution in [0.3, 0.4) is 0 Å². The number of ether oxygens (including phenoxy) is 5. The first-order valence-corrected chi connectivity index (χ1v) is 8.73. The van der Waals surface area contributed by atoms with Crippen LogP contribution in [0.1, 0.15) is 23.7 Å². The minimum atomic E-state index is -0.557. The molecule has 1 aliphatic heterocycles. The van der Waals surface area contributed by atoms with E-state index in [2.05, 4.69) is 0 Å². The third-order valence-electron chi connectivity index (χ3n) is 4.63. The number of methoxy groups -OCH3 is 4. The molecule has 1 fully saturated rings. The van der Waals surface area contributed by atoms with Crippen molar-refractivity contribution in [2.75, 3.05) is 28.4 Å². The molecule has 154 valence electrons. The van der Waals surface area contributed by atoms with Crippen LogP contribution in [0, 0.1) is 0 Å². The van der Waals surface area contributed by atoms with Gasteiger partial charge in [0.05, 0.1) is 28.4 Å². The summed E-state index contributed by atoms with van der Waals surface area (Å²) in [6.07, 6.45) is 1.40. The van der Waals surface area contributed by atoms with E-state index in [4.69, 9.17) is 23.7 Å². The third-order valence-corrected chi connectivity index (χ3v) is 4.63. The highest BCUT2D eigenvalue weighted by molar-refractivity contribution is 5.96. The fourth-order valence-electron chi connectivity index (χ4n) is 3.13. The lowest BCUT2D eigenvalue weighted by molar-refractivity contribution is -0.139. The number of hydrogen-bond acceptors (Lipinski definition) is 8. The molecule has 8 nitrogen and oxygen atoms in total. The van der Waals surface area contributed by atoms with Gasteiger partial charge in [0, 0.05) is 17.6 Å². The number of carbonyl (C=O) groups excluding carboxylic acids is 1. The van der Waals surface area contributed by atoms with Crippen LogP contribution in [0.5, 0.6) is 34.5 Å². The van der Waals surface area contributed by atoms with Gasteiger partial charge in [-0.25, -0.2) is 4.79 Å². The normalized spacial score (nSPS) is 17.2. The van der Waals surface area contributed by atoms with Crippen LogP contribution < -0.4 is 18.9 Å². The maximum atomic E-state index is 12.4. The molecule has 0 amide bonds. The van der Waals surface area contributed by atoms with E-state index in [9.17, 15) is 15.0 Å². The number of phenolic OH excluding ortho intramolecular Hbond substituents is 2. The molecule has 0 aromatic heterocycles. The average molecular weight is 402 g/mol. The number of carbonyl (C=O) groups is 1. The van der Waals surface area contributed by atoms with Crippen molar-refractivity contribution < 1.29 is 38.7 Å². The number of phenols is 2. The van der Waals surface area contributed by atoms with Gasteiger partial charge in [0.2, 0.25) is 11.5 Å². The highest BCUT2D eigenvalue weighted by Crippen LogP contribution is 2.43. The van der Waals surface area contributed by atoms with Crippen LogP contribution >= 0.6 is 0 Å². The first kappa shape index (κ1) is 20.2. The third kappa shape index (κ3) is 3.87. The number of aromatic hydroxyl groups is 2. The van der Waals surface area contributed by atoms with Crippen molar-refractivity contribution in [3.05, 3.63) is 41.0 Å². The van der Waals surface area contributed by atoms with Crippen molar-refractivity contribution in [2.45, 2.75) is 12.5 Å². The Bertz CT molecular complexity index is 913. The molecule has 0 aliphatic carbocycles. The number of rotatable bonds is 6. The summed E-state index contributed by atoms with van der Waals surface area (Å²) in [4.78, 5) is 12.4. The Balaban J connectivity index is 1.93. The molecule has 0 unspecified atom stereocenters. The summed E-state index contributed by atoms with van der Waals surface area (Å²) in [6.45, 7) is 0. The van der Waals surface area contributed by atoms with Gasteiger partial charge in [0.15, 0.2) is 23.0 Å². The van der Waals surface area contributed by atoms with E-state index in [-0.39, 0.29) is 34.5 Å². The van der Waals surface area contributed by atoms with Gasteiger partial charge in [-0.15, -0.1) is 0 Å². The molecule has 1 heterocycles. The number of hydrogen-bond donors (Lipinski definition) is 2. The Labute approximate surface area is 167 Å². The second-order valence-corrected chi connectivity index (χ2v) is 6.32. The van der Waals surface area contributed by atoms with Gasteiger partial charge >= 0.3 is 5.97 Å². The highest BCUT2D eigenvalue weighted by Gasteiger charge is 2.31. The maximum Gasteiger partial charge on any atom is 0.334 e. The van der Waals surface area contributed by atoms with Crippen LogP contribution in [-0.4, -0.2) is 44.6 Å². The van der Waals surface area contributed by atoms with Gasteiger partial charge in [-0.1, -0.05) is 0 Å². The Kier molecular flexibility index (Phi) is 5.72. The number of cyclic esters (lactones) is 1. The van der Waals surface area contributed by atoms with Crippen LogP contribution in [-0.2, 0) is 9.53 Å². The summed E-state index contributed by atoms with van der Waals surface area (Å²) in [5, 5.41) is 20.1. The van der Waals surface area contributed by atoms with Crippen LogP contribution in [0.15, 0.2) is 29.8 Å². The first-order valence-electron chi connectivity index (χ1n) is 8.73. The standard InChI is InChI=1S/C21H22O8/c1-25-15-6-11(7-16(26-2)19(15)22)5-13-10-14(29-21(13)24)12-8-17(27-3)20(23)18(9-12)28-4/h5-9,14,22-23H,10H2,1-4H3/b13-5+/t14-/m0/s1. The summed E-state index contributed by atoms with van der Waals surface area (Å²) < 4.78 is 26.1. The Hall–Kier alpha value is -3.55. The van der Waals surface area contributed by atoms with Gasteiger partial charge in [-0.05, 0) is 35.9 Å². The summed E-state index contributed by atoms with van der Waals surface area (Å²) in [5.41, 5.74) is 1.69. The van der Waals surface area contributed by atoms with Crippen molar-refractivity contribution in [2.24, 2.45) is 0 Å². The topological polar surface area (TPSA) is 104 Å². The molecule has 2 N–H and O–H groups in total. The summed E-state index contributed by atoms with van der Waals surface area (Å²) in [5.74, 6) is 0.197. The summed E-state index contributed by atoms with van der Waals surface area (Å²) >= 11 is 0. The van der Waals surface area contributed by atoms with Crippen LogP contribution in [0.2, 0.25) is 0 Å². The van der Waals surface area contributed by atoms with Crippen LogP contribution in [0.25, 0.3) is 6.08 Å². The Morgan fingerprint density at radius 2 is 1.31 bits per heavy atom. The zero-order valence-corrected chi connectivity index (χ0v) is 16.5. The Morgan fingerprint density at radius 1 is 0.862 bits per heavy atom. The largest absolute Gasteiger partial charge is 0.502 e. The van der Waals surface area contributed by atoms with E-state index in [1.165, 1.54) is 28.4 Å². The monoisotopic (exact) mass is 402 g/mol. The van der Waals surface area contributed by atoms with Gasteiger partial charge in [-0.3, -0.25) is 0 Å². The smallest absolute Gasteiger partial charge is 0.334 e. The van der Waals surface area contributed by atoms with Crippen molar-refractivity contribution in [3.8, 4) is 34.5 Å². The van der Waals surface area contributed by atoms with Crippen molar-refractivity contribution in [1.29, 1.82) is 0 Å². The fourth-order valence-corrected chi connectivity index (χ4v) is 3.13. The second-order valence-electron chi connectivity index (χ2n) is 6.32. The van der Waals surface area contributed by atoms with Crippen molar-refractivity contribution >= 4 is 12.0 Å².